The van der Waals surface area contributed by atoms with E-state index in [4.69, 9.17) is 4.74 Å². The Hall–Kier alpha value is -0.130. The van der Waals surface area contributed by atoms with Gasteiger partial charge in [-0.3, -0.25) is 0 Å². The molecule has 1 saturated carbocycles. The van der Waals surface area contributed by atoms with Gasteiger partial charge in [0.1, 0.15) is 0 Å². The summed E-state index contributed by atoms with van der Waals surface area (Å²) in [6, 6.07) is 0. The van der Waals surface area contributed by atoms with Crippen molar-refractivity contribution in [2.75, 3.05) is 12.8 Å². The van der Waals surface area contributed by atoms with Crippen molar-refractivity contribution in [2.45, 2.75) is 38.4 Å². The fourth-order valence-corrected chi connectivity index (χ4v) is 1.76. The molecule has 0 aromatic carbocycles. The first-order chi connectivity index (χ1) is 5.83. The van der Waals surface area contributed by atoms with Crippen LogP contribution in [0.3, 0.4) is 0 Å². The van der Waals surface area contributed by atoms with Crippen molar-refractivity contribution < 1.29 is 13.2 Å². The first-order valence-electron chi connectivity index (χ1n) is 4.45. The zero-order chi connectivity index (χ0) is 10.1. The van der Waals surface area contributed by atoms with Crippen molar-refractivity contribution in [1.82, 2.24) is 4.72 Å². The van der Waals surface area contributed by atoms with Crippen LogP contribution in [-0.2, 0) is 14.8 Å². The van der Waals surface area contributed by atoms with E-state index < -0.39 is 10.0 Å². The summed E-state index contributed by atoms with van der Waals surface area (Å²) in [4.78, 5) is 0. The summed E-state index contributed by atoms with van der Waals surface area (Å²) < 4.78 is 29.7. The lowest BCUT2D eigenvalue weighted by Crippen LogP contribution is -2.35. The normalized spacial score (nSPS) is 20.6. The van der Waals surface area contributed by atoms with Gasteiger partial charge in [-0.05, 0) is 26.7 Å². The first kappa shape index (κ1) is 10.9. The molecular formula is C8H17NO3S. The highest BCUT2D eigenvalue weighted by molar-refractivity contribution is 7.88. The van der Waals surface area contributed by atoms with Crippen LogP contribution in [0.15, 0.2) is 0 Å². The van der Waals surface area contributed by atoms with Gasteiger partial charge < -0.3 is 4.74 Å². The van der Waals surface area contributed by atoms with E-state index in [1.54, 1.807) is 0 Å². The van der Waals surface area contributed by atoms with Gasteiger partial charge in [0.25, 0.3) is 0 Å². The number of hydrogen-bond acceptors (Lipinski definition) is 3. The molecule has 0 aromatic heterocycles. The summed E-state index contributed by atoms with van der Waals surface area (Å²) in [5, 5.41) is 0. The molecule has 0 bridgehead atoms. The lowest BCUT2D eigenvalue weighted by atomic mass is 10.3. The van der Waals surface area contributed by atoms with Crippen LogP contribution in [0.25, 0.3) is 0 Å². The molecule has 0 unspecified atom stereocenters. The van der Waals surface area contributed by atoms with Crippen molar-refractivity contribution in [3.8, 4) is 0 Å². The van der Waals surface area contributed by atoms with Crippen molar-refractivity contribution in [1.29, 1.82) is 0 Å². The first-order valence-corrected chi connectivity index (χ1v) is 6.35. The second-order valence-electron chi connectivity index (χ2n) is 3.94. The Kier molecular flexibility index (Phi) is 2.99. The van der Waals surface area contributed by atoms with Gasteiger partial charge in [0.2, 0.25) is 10.0 Å². The third-order valence-corrected chi connectivity index (χ3v) is 2.62. The lowest BCUT2D eigenvalue weighted by molar-refractivity contribution is -0.00726. The van der Waals surface area contributed by atoms with E-state index in [1.165, 1.54) is 6.26 Å². The van der Waals surface area contributed by atoms with Crippen molar-refractivity contribution >= 4 is 10.0 Å². The van der Waals surface area contributed by atoms with Gasteiger partial charge >= 0.3 is 0 Å². The molecule has 0 atom stereocenters. The summed E-state index contributed by atoms with van der Waals surface area (Å²) in [5.74, 6) is 0. The molecule has 13 heavy (non-hydrogen) atoms. The van der Waals surface area contributed by atoms with Crippen LogP contribution in [0.2, 0.25) is 0 Å². The molecule has 1 rings (SSSR count). The molecule has 5 heteroatoms. The number of hydrogen-bond donors (Lipinski definition) is 1. The minimum atomic E-state index is -3.08. The molecule has 4 nitrogen and oxygen atoms in total. The largest absolute Gasteiger partial charge is 0.371 e. The molecular weight excluding hydrogens is 190 g/mol. The van der Waals surface area contributed by atoms with Crippen molar-refractivity contribution in [3.05, 3.63) is 0 Å². The van der Waals surface area contributed by atoms with E-state index in [0.717, 1.165) is 12.8 Å². The van der Waals surface area contributed by atoms with Crippen molar-refractivity contribution in [2.24, 2.45) is 0 Å². The molecule has 0 heterocycles. The highest BCUT2D eigenvalue weighted by Crippen LogP contribution is 2.39. The maximum Gasteiger partial charge on any atom is 0.208 e. The summed E-state index contributed by atoms with van der Waals surface area (Å²) in [6.45, 7) is 4.32. The maximum atomic E-state index is 10.8. The Morgan fingerprint density at radius 2 is 2.00 bits per heavy atom. The summed E-state index contributed by atoms with van der Waals surface area (Å²) in [5.41, 5.74) is -0.211. The second kappa shape index (κ2) is 3.55. The molecule has 1 N–H and O–H groups in total. The topological polar surface area (TPSA) is 55.4 Å². The quantitative estimate of drug-likeness (QED) is 0.714. The van der Waals surface area contributed by atoms with Crippen LogP contribution in [0.1, 0.15) is 26.7 Å². The van der Waals surface area contributed by atoms with E-state index in [2.05, 4.69) is 4.72 Å². The van der Waals surface area contributed by atoms with E-state index in [0.29, 0.717) is 6.54 Å². The van der Waals surface area contributed by atoms with Gasteiger partial charge in [-0.15, -0.1) is 0 Å². The Morgan fingerprint density at radius 1 is 1.46 bits per heavy atom. The summed E-state index contributed by atoms with van der Waals surface area (Å²) >= 11 is 0. The summed E-state index contributed by atoms with van der Waals surface area (Å²) in [7, 11) is -3.08. The van der Waals surface area contributed by atoms with E-state index in [-0.39, 0.29) is 11.7 Å². The Bertz CT molecular complexity index is 267. The zero-order valence-electron chi connectivity index (χ0n) is 8.33. The van der Waals surface area contributed by atoms with Crippen LogP contribution in [0.5, 0.6) is 0 Å². The van der Waals surface area contributed by atoms with Gasteiger partial charge in [-0.2, -0.15) is 0 Å². The molecule has 0 aliphatic heterocycles. The Balaban J connectivity index is 2.36. The summed E-state index contributed by atoms with van der Waals surface area (Å²) in [6.07, 6.45) is 3.23. The molecule has 0 radical (unpaired) electrons. The maximum absolute atomic E-state index is 10.8. The third kappa shape index (κ3) is 4.06. The van der Waals surface area contributed by atoms with Gasteiger partial charge in [0, 0.05) is 6.54 Å². The average Bonchev–Trinajstić information content (AvgIpc) is 2.63. The van der Waals surface area contributed by atoms with Crippen LogP contribution < -0.4 is 4.72 Å². The fourth-order valence-electron chi connectivity index (χ4n) is 1.24. The molecule has 1 fully saturated rings. The Labute approximate surface area is 79.7 Å². The number of sulfonamides is 1. The molecule has 0 amide bonds. The minimum Gasteiger partial charge on any atom is -0.371 e. The monoisotopic (exact) mass is 207 g/mol. The molecule has 1 aliphatic carbocycles. The molecule has 0 spiro atoms. The highest BCUT2D eigenvalue weighted by Gasteiger charge is 2.44. The predicted molar refractivity (Wildman–Crippen MR) is 51.0 cm³/mol. The fraction of sp³-hybridized carbons (Fsp3) is 1.00. The average molecular weight is 207 g/mol. The van der Waals surface area contributed by atoms with Crippen LogP contribution in [0.4, 0.5) is 0 Å². The predicted octanol–water partition coefficient (Wildman–Crippen LogP) is 0.493. The second-order valence-corrected chi connectivity index (χ2v) is 5.78. The number of ether oxygens (including phenoxy) is 1. The Morgan fingerprint density at radius 3 is 2.31 bits per heavy atom. The van der Waals surface area contributed by atoms with Crippen LogP contribution in [-0.4, -0.2) is 32.9 Å². The molecule has 0 aromatic rings. The van der Waals surface area contributed by atoms with E-state index in [9.17, 15) is 8.42 Å². The SMILES string of the molecule is CC(C)OC1(CNS(C)(=O)=O)CC1. The van der Waals surface area contributed by atoms with Gasteiger partial charge in [-0.1, -0.05) is 0 Å². The van der Waals surface area contributed by atoms with Crippen LogP contribution >= 0.6 is 0 Å². The van der Waals surface area contributed by atoms with Gasteiger partial charge in [0.15, 0.2) is 0 Å². The van der Waals surface area contributed by atoms with Crippen LogP contribution in [0, 0.1) is 0 Å². The van der Waals surface area contributed by atoms with Gasteiger partial charge in [-0.25, -0.2) is 13.1 Å². The van der Waals surface area contributed by atoms with Crippen molar-refractivity contribution in [3.63, 3.8) is 0 Å². The molecule has 0 saturated heterocycles. The van der Waals surface area contributed by atoms with E-state index >= 15 is 0 Å². The minimum absolute atomic E-state index is 0.156. The third-order valence-electron chi connectivity index (χ3n) is 1.95. The molecule has 78 valence electrons. The highest BCUT2D eigenvalue weighted by atomic mass is 32.2. The van der Waals surface area contributed by atoms with E-state index in [1.807, 2.05) is 13.8 Å². The standard InChI is InChI=1S/C8H17NO3S/c1-7(2)12-8(4-5-8)6-9-13(3,10)11/h7,9H,4-6H2,1-3H3. The lowest BCUT2D eigenvalue weighted by Gasteiger charge is -2.19. The smallest absolute Gasteiger partial charge is 0.208 e. The number of rotatable bonds is 5. The zero-order valence-corrected chi connectivity index (χ0v) is 9.15. The van der Waals surface area contributed by atoms with Gasteiger partial charge in [0.05, 0.1) is 18.0 Å². The number of nitrogens with one attached hydrogen (secondary N) is 1. The molecule has 1 aliphatic rings.